The smallest absolute Gasteiger partial charge is 0.0731 e. The molecule has 0 bridgehead atoms. The summed E-state index contributed by atoms with van der Waals surface area (Å²) >= 11 is 14.7. The molecule has 90 valence electrons. The Hall–Kier alpha value is 0.130. The van der Waals surface area contributed by atoms with E-state index in [9.17, 15) is 0 Å². The maximum Gasteiger partial charge on any atom is 0.0731 e. The number of benzene rings is 1. The molecular formula is C12H10Br2ClNS. The van der Waals surface area contributed by atoms with Crippen molar-refractivity contribution >= 4 is 54.8 Å². The average molecular weight is 396 g/mol. The molecule has 1 nitrogen and oxygen atoms in total. The van der Waals surface area contributed by atoms with Gasteiger partial charge >= 0.3 is 0 Å². The summed E-state index contributed by atoms with van der Waals surface area (Å²) in [5.74, 6) is 0. The lowest BCUT2D eigenvalue weighted by molar-refractivity contribution is 0.886. The Balaban J connectivity index is 2.42. The van der Waals surface area contributed by atoms with E-state index < -0.39 is 0 Å². The van der Waals surface area contributed by atoms with Crippen LogP contribution in [0.4, 0.5) is 0 Å². The predicted molar refractivity (Wildman–Crippen MR) is 81.9 cm³/mol. The van der Waals surface area contributed by atoms with Gasteiger partial charge in [-0.05, 0) is 58.2 Å². The summed E-state index contributed by atoms with van der Waals surface area (Å²) in [6, 6.07) is 7.62. The van der Waals surface area contributed by atoms with Gasteiger partial charge in [-0.2, -0.15) is 0 Å². The van der Waals surface area contributed by atoms with Crippen LogP contribution in [0.25, 0.3) is 0 Å². The van der Waals surface area contributed by atoms with Crippen molar-refractivity contribution in [1.82, 2.24) is 0 Å². The zero-order valence-corrected chi connectivity index (χ0v) is 13.8. The van der Waals surface area contributed by atoms with E-state index >= 15 is 0 Å². The van der Waals surface area contributed by atoms with Gasteiger partial charge < -0.3 is 5.73 Å². The third-order valence-corrected chi connectivity index (χ3v) is 5.65. The first-order chi connectivity index (χ1) is 7.99. The van der Waals surface area contributed by atoms with Crippen molar-refractivity contribution < 1.29 is 0 Å². The number of nitrogens with two attached hydrogens (primary N) is 1. The summed E-state index contributed by atoms with van der Waals surface area (Å²) in [7, 11) is 0. The molecule has 0 fully saturated rings. The summed E-state index contributed by atoms with van der Waals surface area (Å²) in [4.78, 5) is 1.12. The molecule has 5 heteroatoms. The van der Waals surface area contributed by atoms with Gasteiger partial charge in [-0.25, -0.2) is 0 Å². The van der Waals surface area contributed by atoms with Crippen LogP contribution >= 0.6 is 54.8 Å². The second-order valence-electron chi connectivity index (χ2n) is 3.75. The van der Waals surface area contributed by atoms with Crippen molar-refractivity contribution in [3.63, 3.8) is 0 Å². The van der Waals surface area contributed by atoms with E-state index in [1.165, 1.54) is 5.56 Å². The van der Waals surface area contributed by atoms with E-state index in [0.29, 0.717) is 5.02 Å². The van der Waals surface area contributed by atoms with Gasteiger partial charge in [0.15, 0.2) is 0 Å². The first-order valence-electron chi connectivity index (χ1n) is 4.95. The highest BCUT2D eigenvalue weighted by Crippen LogP contribution is 2.36. The Kier molecular flexibility index (Phi) is 4.31. The molecule has 1 aromatic heterocycles. The summed E-state index contributed by atoms with van der Waals surface area (Å²) < 4.78 is 2.11. The van der Waals surface area contributed by atoms with Crippen LogP contribution in [0.3, 0.4) is 0 Å². The van der Waals surface area contributed by atoms with Crippen LogP contribution in [0, 0.1) is 6.92 Å². The van der Waals surface area contributed by atoms with Crippen LogP contribution in [0.1, 0.15) is 22.0 Å². The summed E-state index contributed by atoms with van der Waals surface area (Å²) in [6.45, 7) is 2.06. The molecule has 1 atom stereocenters. The molecule has 0 saturated heterocycles. The first kappa shape index (κ1) is 13.6. The zero-order valence-electron chi connectivity index (χ0n) is 9.01. The predicted octanol–water partition coefficient (Wildman–Crippen LogP) is 5.28. The topological polar surface area (TPSA) is 26.0 Å². The number of thiophene rings is 1. The molecule has 0 aliphatic rings. The van der Waals surface area contributed by atoms with E-state index in [1.807, 2.05) is 18.2 Å². The van der Waals surface area contributed by atoms with Crippen molar-refractivity contribution in [2.75, 3.05) is 0 Å². The van der Waals surface area contributed by atoms with Gasteiger partial charge in [0.05, 0.1) is 9.83 Å². The van der Waals surface area contributed by atoms with Gasteiger partial charge in [0.25, 0.3) is 0 Å². The normalized spacial score (nSPS) is 12.8. The van der Waals surface area contributed by atoms with Crippen LogP contribution in [0.5, 0.6) is 0 Å². The fourth-order valence-electron chi connectivity index (χ4n) is 1.54. The summed E-state index contributed by atoms with van der Waals surface area (Å²) in [5, 5.41) is 0.700. The lowest BCUT2D eigenvalue weighted by Gasteiger charge is -2.12. The van der Waals surface area contributed by atoms with Crippen LogP contribution in [0.2, 0.25) is 5.02 Å². The van der Waals surface area contributed by atoms with E-state index in [2.05, 4.69) is 44.8 Å². The van der Waals surface area contributed by atoms with Gasteiger partial charge in [-0.1, -0.05) is 27.5 Å². The number of hydrogen-bond donors (Lipinski definition) is 1. The Labute approximate surface area is 126 Å². The second kappa shape index (κ2) is 5.41. The van der Waals surface area contributed by atoms with Crippen LogP contribution < -0.4 is 5.73 Å². The Morgan fingerprint density at radius 2 is 2.00 bits per heavy atom. The molecule has 0 radical (unpaired) electrons. The highest BCUT2D eigenvalue weighted by molar-refractivity contribution is 9.11. The van der Waals surface area contributed by atoms with Crippen LogP contribution in [-0.4, -0.2) is 0 Å². The first-order valence-corrected chi connectivity index (χ1v) is 7.73. The number of aryl methyl sites for hydroxylation is 1. The molecule has 0 saturated carbocycles. The van der Waals surface area contributed by atoms with Gasteiger partial charge in [0.2, 0.25) is 0 Å². The molecule has 2 aromatic rings. The molecule has 2 N–H and O–H groups in total. The lowest BCUT2D eigenvalue weighted by atomic mass is 10.1. The maximum atomic E-state index is 6.27. The van der Waals surface area contributed by atoms with Gasteiger partial charge in [-0.3, -0.25) is 0 Å². The second-order valence-corrected chi connectivity index (χ2v) is 7.44. The average Bonchev–Trinajstić information content (AvgIpc) is 2.62. The van der Waals surface area contributed by atoms with E-state index in [0.717, 1.165) is 18.7 Å². The third kappa shape index (κ3) is 2.93. The molecule has 0 aliphatic heterocycles. The van der Waals surface area contributed by atoms with E-state index in [-0.39, 0.29) is 6.04 Å². The van der Waals surface area contributed by atoms with Crippen molar-refractivity contribution in [2.45, 2.75) is 13.0 Å². The maximum absolute atomic E-state index is 6.27. The molecule has 0 aliphatic carbocycles. The quantitative estimate of drug-likeness (QED) is 0.735. The summed E-state index contributed by atoms with van der Waals surface area (Å²) in [6.07, 6.45) is 0. The number of halogens is 3. The standard InChI is InChI=1S/C12H10Br2ClNS/c1-6-4-10(17-12(6)14)11(16)8-5-7(15)2-3-9(8)13/h2-5,11H,16H2,1H3. The van der Waals surface area contributed by atoms with Crippen LogP contribution in [0.15, 0.2) is 32.5 Å². The molecule has 0 spiro atoms. The third-order valence-electron chi connectivity index (χ3n) is 2.48. The minimum atomic E-state index is -0.155. The molecule has 1 unspecified atom stereocenters. The SMILES string of the molecule is Cc1cc(C(N)c2cc(Cl)ccc2Br)sc1Br. The molecule has 1 heterocycles. The summed E-state index contributed by atoms with van der Waals surface area (Å²) in [5.41, 5.74) is 8.48. The van der Waals surface area contributed by atoms with Gasteiger partial charge in [-0.15, -0.1) is 11.3 Å². The Morgan fingerprint density at radius 3 is 2.59 bits per heavy atom. The fourth-order valence-corrected chi connectivity index (χ4v) is 3.81. The minimum absolute atomic E-state index is 0.155. The number of hydrogen-bond acceptors (Lipinski definition) is 2. The number of rotatable bonds is 2. The lowest BCUT2D eigenvalue weighted by Crippen LogP contribution is -2.10. The molecular weight excluding hydrogens is 385 g/mol. The van der Waals surface area contributed by atoms with E-state index in [4.69, 9.17) is 17.3 Å². The fraction of sp³-hybridized carbons (Fsp3) is 0.167. The van der Waals surface area contributed by atoms with Crippen molar-refractivity contribution in [2.24, 2.45) is 5.73 Å². The Morgan fingerprint density at radius 1 is 1.29 bits per heavy atom. The van der Waals surface area contributed by atoms with Crippen molar-refractivity contribution in [3.05, 3.63) is 53.6 Å². The highest BCUT2D eigenvalue weighted by Gasteiger charge is 2.16. The minimum Gasteiger partial charge on any atom is -0.320 e. The van der Waals surface area contributed by atoms with Gasteiger partial charge in [0.1, 0.15) is 0 Å². The van der Waals surface area contributed by atoms with Crippen molar-refractivity contribution in [3.8, 4) is 0 Å². The Bertz CT molecular complexity index is 534. The molecule has 17 heavy (non-hydrogen) atoms. The zero-order chi connectivity index (χ0) is 12.6. The highest BCUT2D eigenvalue weighted by atomic mass is 79.9. The molecule has 0 amide bonds. The van der Waals surface area contributed by atoms with E-state index in [1.54, 1.807) is 11.3 Å². The van der Waals surface area contributed by atoms with Crippen LogP contribution in [-0.2, 0) is 0 Å². The molecule has 1 aromatic carbocycles. The van der Waals surface area contributed by atoms with Crippen molar-refractivity contribution in [1.29, 1.82) is 0 Å². The largest absolute Gasteiger partial charge is 0.320 e. The van der Waals surface area contributed by atoms with Gasteiger partial charge in [0, 0.05) is 14.4 Å². The monoisotopic (exact) mass is 393 g/mol. The molecule has 2 rings (SSSR count).